The molecular weight excluding hydrogens is 236 g/mol. The zero-order valence-corrected chi connectivity index (χ0v) is 11.5. The largest absolute Gasteiger partial charge is 0.354 e. The number of nitrogens with one attached hydrogen (secondary N) is 2. The van der Waals surface area contributed by atoms with Gasteiger partial charge >= 0.3 is 0 Å². The average Bonchev–Trinajstić information content (AvgIpc) is 3.04. The van der Waals surface area contributed by atoms with E-state index in [4.69, 9.17) is 0 Å². The predicted molar refractivity (Wildman–Crippen MR) is 76.1 cm³/mol. The van der Waals surface area contributed by atoms with Crippen LogP contribution >= 0.6 is 0 Å². The second-order valence-corrected chi connectivity index (χ2v) is 5.84. The Morgan fingerprint density at radius 2 is 2.26 bits per heavy atom. The van der Waals surface area contributed by atoms with Gasteiger partial charge in [0.25, 0.3) is 0 Å². The van der Waals surface area contributed by atoms with Gasteiger partial charge in [0.15, 0.2) is 0 Å². The topological polar surface area (TPSA) is 41.1 Å². The summed E-state index contributed by atoms with van der Waals surface area (Å²) in [5.41, 5.74) is 2.65. The van der Waals surface area contributed by atoms with Gasteiger partial charge in [0.05, 0.1) is 0 Å². The van der Waals surface area contributed by atoms with Crippen LogP contribution in [0.2, 0.25) is 0 Å². The van der Waals surface area contributed by atoms with E-state index in [-0.39, 0.29) is 11.8 Å². The van der Waals surface area contributed by atoms with Gasteiger partial charge in [-0.05, 0) is 49.8 Å². The summed E-state index contributed by atoms with van der Waals surface area (Å²) in [6.07, 6.45) is 3.43. The van der Waals surface area contributed by atoms with Crippen LogP contribution in [0.4, 0.5) is 0 Å². The van der Waals surface area contributed by atoms with Gasteiger partial charge in [0, 0.05) is 18.5 Å². The highest BCUT2D eigenvalue weighted by Gasteiger charge is 2.44. The molecular formula is C16H22N2O. The molecule has 19 heavy (non-hydrogen) atoms. The molecule has 0 aromatic heterocycles. The first-order valence-electron chi connectivity index (χ1n) is 7.32. The Balaban J connectivity index is 1.51. The summed E-state index contributed by atoms with van der Waals surface area (Å²) in [5, 5.41) is 6.51. The molecule has 1 heterocycles. The van der Waals surface area contributed by atoms with Gasteiger partial charge in [-0.1, -0.05) is 24.3 Å². The van der Waals surface area contributed by atoms with Crippen LogP contribution < -0.4 is 10.6 Å². The van der Waals surface area contributed by atoms with Crippen LogP contribution in [0.15, 0.2) is 24.3 Å². The Bertz CT molecular complexity index is 466. The molecule has 2 aliphatic rings. The molecule has 1 amide bonds. The molecule has 0 bridgehead atoms. The lowest BCUT2D eigenvalue weighted by atomic mass is 10.0. The van der Waals surface area contributed by atoms with Crippen molar-refractivity contribution in [1.29, 1.82) is 0 Å². The summed E-state index contributed by atoms with van der Waals surface area (Å²) in [4.78, 5) is 12.1. The van der Waals surface area contributed by atoms with Gasteiger partial charge in [-0.15, -0.1) is 0 Å². The lowest BCUT2D eigenvalue weighted by Crippen LogP contribution is -2.38. The van der Waals surface area contributed by atoms with E-state index in [1.165, 1.54) is 24.0 Å². The lowest BCUT2D eigenvalue weighted by molar-refractivity contribution is -0.122. The molecule has 3 atom stereocenters. The van der Waals surface area contributed by atoms with Crippen molar-refractivity contribution in [2.24, 2.45) is 5.92 Å². The summed E-state index contributed by atoms with van der Waals surface area (Å²) in [6.45, 7) is 4.01. The fraction of sp³-hybridized carbons (Fsp3) is 0.562. The van der Waals surface area contributed by atoms with E-state index in [2.05, 4.69) is 41.8 Å². The molecule has 1 saturated heterocycles. The minimum Gasteiger partial charge on any atom is -0.354 e. The summed E-state index contributed by atoms with van der Waals surface area (Å²) in [7, 11) is 0. The molecule has 3 unspecified atom stereocenters. The van der Waals surface area contributed by atoms with Crippen LogP contribution in [0.25, 0.3) is 0 Å². The Hall–Kier alpha value is -1.35. The molecule has 3 rings (SSSR count). The van der Waals surface area contributed by atoms with Crippen LogP contribution in [0.5, 0.6) is 0 Å². The van der Waals surface area contributed by atoms with E-state index in [0.29, 0.717) is 12.0 Å². The summed E-state index contributed by atoms with van der Waals surface area (Å²) in [5.74, 6) is 0.877. The van der Waals surface area contributed by atoms with Crippen LogP contribution in [-0.2, 0) is 4.79 Å². The average molecular weight is 258 g/mol. The molecule has 1 saturated carbocycles. The summed E-state index contributed by atoms with van der Waals surface area (Å²) >= 11 is 0. The van der Waals surface area contributed by atoms with Crippen LogP contribution in [-0.4, -0.2) is 25.0 Å². The zero-order valence-electron chi connectivity index (χ0n) is 11.5. The van der Waals surface area contributed by atoms with Gasteiger partial charge in [0.2, 0.25) is 5.91 Å². The van der Waals surface area contributed by atoms with Crippen molar-refractivity contribution >= 4 is 5.91 Å². The first-order valence-corrected chi connectivity index (χ1v) is 7.32. The number of hydrogen-bond acceptors (Lipinski definition) is 2. The molecule has 1 aromatic rings. The third kappa shape index (κ3) is 2.81. The molecule has 1 aromatic carbocycles. The Labute approximate surface area is 114 Å². The molecule has 0 radical (unpaired) electrons. The normalized spacial score (nSPS) is 29.2. The van der Waals surface area contributed by atoms with Gasteiger partial charge in [-0.25, -0.2) is 0 Å². The second-order valence-electron chi connectivity index (χ2n) is 5.84. The number of amides is 1. The van der Waals surface area contributed by atoms with Gasteiger partial charge < -0.3 is 10.6 Å². The van der Waals surface area contributed by atoms with E-state index in [9.17, 15) is 4.79 Å². The van der Waals surface area contributed by atoms with E-state index in [0.717, 1.165) is 19.5 Å². The van der Waals surface area contributed by atoms with E-state index in [1.54, 1.807) is 0 Å². The second kappa shape index (κ2) is 5.33. The third-order valence-corrected chi connectivity index (χ3v) is 4.40. The van der Waals surface area contributed by atoms with Crippen molar-refractivity contribution in [3.63, 3.8) is 0 Å². The maximum Gasteiger partial charge on any atom is 0.223 e. The molecule has 0 spiro atoms. The Morgan fingerprint density at radius 1 is 1.42 bits per heavy atom. The maximum atomic E-state index is 12.1. The number of benzene rings is 1. The molecule has 2 fully saturated rings. The minimum absolute atomic E-state index is 0.197. The SMILES string of the molecule is Cc1ccccc1C1CC1C(=O)NCC1CCCN1. The zero-order chi connectivity index (χ0) is 13.2. The van der Waals surface area contributed by atoms with Gasteiger partial charge in [-0.2, -0.15) is 0 Å². The quantitative estimate of drug-likeness (QED) is 0.867. The number of carbonyl (C=O) groups is 1. The Kier molecular flexibility index (Phi) is 3.56. The molecule has 3 nitrogen and oxygen atoms in total. The molecule has 2 N–H and O–H groups in total. The highest BCUT2D eigenvalue weighted by molar-refractivity contribution is 5.83. The van der Waals surface area contributed by atoms with Crippen molar-refractivity contribution in [3.05, 3.63) is 35.4 Å². The highest BCUT2D eigenvalue weighted by Crippen LogP contribution is 2.48. The first kappa shape index (κ1) is 12.7. The minimum atomic E-state index is 0.197. The van der Waals surface area contributed by atoms with Gasteiger partial charge in [-0.3, -0.25) is 4.79 Å². The summed E-state index contributed by atoms with van der Waals surface area (Å²) < 4.78 is 0. The van der Waals surface area contributed by atoms with E-state index in [1.807, 2.05) is 0 Å². The number of hydrogen-bond donors (Lipinski definition) is 2. The predicted octanol–water partition coefficient (Wildman–Crippen LogP) is 1.97. The third-order valence-electron chi connectivity index (χ3n) is 4.40. The van der Waals surface area contributed by atoms with E-state index < -0.39 is 0 Å². The van der Waals surface area contributed by atoms with Crippen molar-refractivity contribution in [3.8, 4) is 0 Å². The number of aryl methyl sites for hydroxylation is 1. The Morgan fingerprint density at radius 3 is 3.00 bits per heavy atom. The van der Waals surface area contributed by atoms with Gasteiger partial charge in [0.1, 0.15) is 0 Å². The van der Waals surface area contributed by atoms with Crippen molar-refractivity contribution in [2.45, 2.75) is 38.1 Å². The highest BCUT2D eigenvalue weighted by atomic mass is 16.2. The van der Waals surface area contributed by atoms with Crippen molar-refractivity contribution in [1.82, 2.24) is 10.6 Å². The smallest absolute Gasteiger partial charge is 0.223 e. The molecule has 3 heteroatoms. The fourth-order valence-corrected chi connectivity index (χ4v) is 3.12. The number of rotatable bonds is 4. The number of carbonyl (C=O) groups excluding carboxylic acids is 1. The molecule has 1 aliphatic heterocycles. The fourth-order valence-electron chi connectivity index (χ4n) is 3.12. The monoisotopic (exact) mass is 258 g/mol. The lowest BCUT2D eigenvalue weighted by Gasteiger charge is -2.11. The van der Waals surface area contributed by atoms with Crippen molar-refractivity contribution in [2.75, 3.05) is 13.1 Å². The summed E-state index contributed by atoms with van der Waals surface area (Å²) in [6, 6.07) is 8.90. The molecule has 1 aliphatic carbocycles. The maximum absolute atomic E-state index is 12.1. The standard InChI is InChI=1S/C16H22N2O/c1-11-5-2-3-7-13(11)14-9-15(14)16(19)18-10-12-6-4-8-17-12/h2-3,5,7,12,14-15,17H,4,6,8-10H2,1H3,(H,18,19). The van der Waals surface area contributed by atoms with E-state index >= 15 is 0 Å². The van der Waals surface area contributed by atoms with Crippen LogP contribution in [0.3, 0.4) is 0 Å². The first-order chi connectivity index (χ1) is 9.25. The van der Waals surface area contributed by atoms with Crippen LogP contribution in [0.1, 0.15) is 36.3 Å². The van der Waals surface area contributed by atoms with Crippen LogP contribution in [0, 0.1) is 12.8 Å². The van der Waals surface area contributed by atoms with Crippen molar-refractivity contribution < 1.29 is 4.79 Å². The molecule has 102 valence electrons.